The maximum atomic E-state index is 13.8. The quantitative estimate of drug-likeness (QED) is 0.548. The van der Waals surface area contributed by atoms with Gasteiger partial charge in [-0.15, -0.1) is 0 Å². The molecule has 2 fully saturated rings. The summed E-state index contributed by atoms with van der Waals surface area (Å²) in [5.74, 6) is 0.543. The van der Waals surface area contributed by atoms with Crippen molar-refractivity contribution in [3.63, 3.8) is 0 Å². The van der Waals surface area contributed by atoms with Gasteiger partial charge >= 0.3 is 0 Å². The van der Waals surface area contributed by atoms with Crippen LogP contribution in [0, 0.1) is 5.92 Å². The minimum Gasteiger partial charge on any atom is -0.497 e. The number of rotatable bonds is 8. The average molecular weight is 463 g/mol. The van der Waals surface area contributed by atoms with Crippen molar-refractivity contribution in [3.8, 4) is 5.75 Å². The lowest BCUT2D eigenvalue weighted by Gasteiger charge is -2.31. The highest BCUT2D eigenvalue weighted by atomic mass is 16.5. The molecule has 0 unspecified atom stereocenters. The number of hydrogen-bond acceptors (Lipinski definition) is 4. The fourth-order valence-corrected chi connectivity index (χ4v) is 5.36. The first kappa shape index (κ1) is 24.0. The molecule has 0 bridgehead atoms. The van der Waals surface area contributed by atoms with Crippen LogP contribution in [-0.4, -0.2) is 48.2 Å². The van der Waals surface area contributed by atoms with Gasteiger partial charge in [-0.1, -0.05) is 61.7 Å². The first-order chi connectivity index (χ1) is 16.4. The van der Waals surface area contributed by atoms with E-state index < -0.39 is 5.41 Å². The summed E-state index contributed by atoms with van der Waals surface area (Å²) in [4.78, 5) is 43.4. The summed E-state index contributed by atoms with van der Waals surface area (Å²) in [7, 11) is 3.35. The molecule has 2 aromatic carbocycles. The van der Waals surface area contributed by atoms with Crippen LogP contribution < -0.4 is 4.74 Å². The van der Waals surface area contributed by atoms with Crippen LogP contribution in [0.25, 0.3) is 0 Å². The lowest BCUT2D eigenvalue weighted by molar-refractivity contribution is -0.143. The highest BCUT2D eigenvalue weighted by Crippen LogP contribution is 2.41. The topological polar surface area (TPSA) is 66.9 Å². The number of benzene rings is 2. The van der Waals surface area contributed by atoms with E-state index in [4.69, 9.17) is 4.74 Å². The molecular formula is C28H34N2O4. The van der Waals surface area contributed by atoms with E-state index in [0.29, 0.717) is 19.0 Å². The Bertz CT molecular complexity index is 1030. The van der Waals surface area contributed by atoms with Gasteiger partial charge in [-0.3, -0.25) is 19.3 Å². The van der Waals surface area contributed by atoms with Crippen molar-refractivity contribution in [2.75, 3.05) is 20.7 Å². The normalized spacial score (nSPS) is 21.1. The van der Waals surface area contributed by atoms with E-state index in [9.17, 15) is 14.4 Å². The van der Waals surface area contributed by atoms with E-state index in [1.807, 2.05) is 54.6 Å². The molecule has 1 heterocycles. The van der Waals surface area contributed by atoms with E-state index in [1.54, 1.807) is 19.1 Å². The molecular weight excluding hydrogens is 428 g/mol. The van der Waals surface area contributed by atoms with Crippen molar-refractivity contribution in [1.82, 2.24) is 9.80 Å². The fraction of sp³-hybridized carbons (Fsp3) is 0.464. The SMILES string of the molecule is COc1cccc(CN(C)C(=O)C[C@]2(c3ccccc3)CC(=O)N(CC3CCCCC3)C2=O)c1. The van der Waals surface area contributed by atoms with E-state index >= 15 is 0 Å². The summed E-state index contributed by atoms with van der Waals surface area (Å²) in [5.41, 5.74) is 0.534. The van der Waals surface area contributed by atoms with E-state index in [0.717, 1.165) is 42.6 Å². The fourth-order valence-electron chi connectivity index (χ4n) is 5.36. The van der Waals surface area contributed by atoms with Gasteiger partial charge in [0.2, 0.25) is 17.7 Å². The number of likely N-dealkylation sites (tertiary alicyclic amines) is 1. The Labute approximate surface area is 201 Å². The Morgan fingerprint density at radius 3 is 2.50 bits per heavy atom. The predicted octanol–water partition coefficient (Wildman–Crippen LogP) is 4.32. The van der Waals surface area contributed by atoms with E-state index in [-0.39, 0.29) is 30.6 Å². The van der Waals surface area contributed by atoms with Crippen LogP contribution in [0.2, 0.25) is 0 Å². The molecule has 34 heavy (non-hydrogen) atoms. The molecule has 180 valence electrons. The lowest BCUT2D eigenvalue weighted by atomic mass is 9.75. The van der Waals surface area contributed by atoms with Crippen molar-refractivity contribution < 1.29 is 19.1 Å². The molecule has 1 atom stereocenters. The standard InChI is InChI=1S/C28H34N2O4/c1-29(19-22-12-9-15-24(16-22)34-2)25(31)17-28(23-13-7-4-8-14-23)18-26(32)30(27(28)33)20-21-10-5-3-6-11-21/h4,7-9,12-16,21H,3,5-6,10-11,17-20H2,1-2H3/t28-/m1/s1. The Morgan fingerprint density at radius 1 is 1.06 bits per heavy atom. The van der Waals surface area contributed by atoms with Gasteiger partial charge in [0.1, 0.15) is 5.75 Å². The number of carbonyl (C=O) groups is 3. The number of ether oxygens (including phenoxy) is 1. The third kappa shape index (κ3) is 5.01. The van der Waals surface area contributed by atoms with Crippen LogP contribution >= 0.6 is 0 Å². The number of amides is 3. The van der Waals surface area contributed by atoms with Crippen LogP contribution in [0.3, 0.4) is 0 Å². The molecule has 4 rings (SSSR count). The molecule has 1 aliphatic heterocycles. The van der Waals surface area contributed by atoms with Gasteiger partial charge in [-0.2, -0.15) is 0 Å². The predicted molar refractivity (Wildman–Crippen MR) is 130 cm³/mol. The number of methoxy groups -OCH3 is 1. The van der Waals surface area contributed by atoms with Crippen molar-refractivity contribution in [2.24, 2.45) is 5.92 Å². The number of imide groups is 1. The molecule has 1 saturated carbocycles. The summed E-state index contributed by atoms with van der Waals surface area (Å²) < 4.78 is 5.29. The Morgan fingerprint density at radius 2 is 1.79 bits per heavy atom. The molecule has 0 radical (unpaired) electrons. The summed E-state index contributed by atoms with van der Waals surface area (Å²) in [6.07, 6.45) is 5.65. The molecule has 2 aromatic rings. The van der Waals surface area contributed by atoms with Crippen molar-refractivity contribution >= 4 is 17.7 Å². The minimum atomic E-state index is -1.15. The second-order valence-electron chi connectivity index (χ2n) is 9.72. The third-order valence-electron chi connectivity index (χ3n) is 7.33. The van der Waals surface area contributed by atoms with Gasteiger partial charge in [-0.05, 0) is 42.0 Å². The first-order valence-corrected chi connectivity index (χ1v) is 12.2. The third-order valence-corrected chi connectivity index (χ3v) is 7.33. The Balaban J connectivity index is 1.56. The second kappa shape index (κ2) is 10.4. The highest BCUT2D eigenvalue weighted by molar-refractivity contribution is 6.10. The lowest BCUT2D eigenvalue weighted by Crippen LogP contribution is -2.44. The molecule has 0 N–H and O–H groups in total. The van der Waals surface area contributed by atoms with Gasteiger partial charge in [0.05, 0.1) is 12.5 Å². The van der Waals surface area contributed by atoms with Crippen LogP contribution in [0.1, 0.15) is 56.1 Å². The van der Waals surface area contributed by atoms with Gasteiger partial charge in [0, 0.05) is 33.0 Å². The first-order valence-electron chi connectivity index (χ1n) is 12.2. The Kier molecular flexibility index (Phi) is 7.35. The molecule has 3 amide bonds. The summed E-state index contributed by atoms with van der Waals surface area (Å²) >= 11 is 0. The monoisotopic (exact) mass is 462 g/mol. The van der Waals surface area contributed by atoms with Crippen LogP contribution in [0.5, 0.6) is 5.75 Å². The molecule has 6 nitrogen and oxygen atoms in total. The van der Waals surface area contributed by atoms with Crippen molar-refractivity contribution in [3.05, 3.63) is 65.7 Å². The smallest absolute Gasteiger partial charge is 0.240 e. The van der Waals surface area contributed by atoms with E-state index in [1.165, 1.54) is 11.3 Å². The molecule has 1 aliphatic carbocycles. The molecule has 6 heteroatoms. The second-order valence-corrected chi connectivity index (χ2v) is 9.72. The summed E-state index contributed by atoms with van der Waals surface area (Å²) in [6.45, 7) is 0.870. The van der Waals surface area contributed by atoms with Crippen LogP contribution in [0.15, 0.2) is 54.6 Å². The zero-order valence-electron chi connectivity index (χ0n) is 20.2. The van der Waals surface area contributed by atoms with Gasteiger partial charge in [0.15, 0.2) is 0 Å². The number of carbonyl (C=O) groups excluding carboxylic acids is 3. The highest BCUT2D eigenvalue weighted by Gasteiger charge is 2.54. The zero-order chi connectivity index (χ0) is 24.1. The maximum absolute atomic E-state index is 13.8. The molecule has 0 spiro atoms. The van der Waals surface area contributed by atoms with Crippen LogP contribution in [-0.2, 0) is 26.3 Å². The summed E-state index contributed by atoms with van der Waals surface area (Å²) in [6, 6.07) is 16.9. The largest absolute Gasteiger partial charge is 0.497 e. The van der Waals surface area contributed by atoms with Crippen LogP contribution in [0.4, 0.5) is 0 Å². The van der Waals surface area contributed by atoms with Crippen molar-refractivity contribution in [1.29, 1.82) is 0 Å². The van der Waals surface area contributed by atoms with Gasteiger partial charge in [0.25, 0.3) is 0 Å². The average Bonchev–Trinajstić information content (AvgIpc) is 3.10. The molecule has 0 aromatic heterocycles. The Hall–Kier alpha value is -3.15. The van der Waals surface area contributed by atoms with Gasteiger partial charge in [-0.25, -0.2) is 0 Å². The summed E-state index contributed by atoms with van der Waals surface area (Å²) in [5, 5.41) is 0. The van der Waals surface area contributed by atoms with Crippen molar-refractivity contribution in [2.45, 2.75) is 56.9 Å². The number of nitrogens with zero attached hydrogens (tertiary/aromatic N) is 2. The van der Waals surface area contributed by atoms with E-state index in [2.05, 4.69) is 0 Å². The number of hydrogen-bond donors (Lipinski definition) is 0. The van der Waals surface area contributed by atoms with Gasteiger partial charge < -0.3 is 9.64 Å². The minimum absolute atomic E-state index is 0.0246. The zero-order valence-corrected chi connectivity index (χ0v) is 20.2. The maximum Gasteiger partial charge on any atom is 0.240 e. The molecule has 2 aliphatic rings. The molecule has 1 saturated heterocycles.